The van der Waals surface area contributed by atoms with E-state index in [1.54, 1.807) is 12.1 Å². The highest BCUT2D eigenvalue weighted by molar-refractivity contribution is 7.82. The van der Waals surface area contributed by atoms with Gasteiger partial charge in [0.25, 0.3) is 5.91 Å². The first-order valence-corrected chi connectivity index (χ1v) is 15.2. The molecule has 1 fully saturated rings. The van der Waals surface area contributed by atoms with Gasteiger partial charge in [0.1, 0.15) is 16.7 Å². The van der Waals surface area contributed by atoms with E-state index in [0.29, 0.717) is 17.7 Å². The normalized spacial score (nSPS) is 14.7. The van der Waals surface area contributed by atoms with Crippen LogP contribution >= 0.6 is 0 Å². The van der Waals surface area contributed by atoms with Crippen LogP contribution in [-0.2, 0) is 23.3 Å². The van der Waals surface area contributed by atoms with Crippen molar-refractivity contribution in [1.82, 2.24) is 9.62 Å². The Bertz CT molecular complexity index is 1510. The lowest BCUT2D eigenvalue weighted by atomic mass is 10.1. The van der Waals surface area contributed by atoms with Crippen molar-refractivity contribution in [2.45, 2.75) is 19.2 Å². The SMILES string of the molecule is C=C(C#Cc1ccccc1CN1CCN(c2ccc(C(=O)NS(=O)Cc3ccccc3)cc2)CC1)/C=C(/O)C=NCC. The summed E-state index contributed by atoms with van der Waals surface area (Å²) in [7, 11) is -1.49. The van der Waals surface area contributed by atoms with Crippen LogP contribution in [0.3, 0.4) is 0 Å². The number of anilines is 1. The average molecular weight is 581 g/mol. The Labute approximate surface area is 250 Å². The number of carbonyl (C=O) groups is 1. The van der Waals surface area contributed by atoms with Gasteiger partial charge in [0.15, 0.2) is 0 Å². The molecule has 1 amide bonds. The largest absolute Gasteiger partial charge is 0.506 e. The van der Waals surface area contributed by atoms with Gasteiger partial charge in [0.05, 0.1) is 12.0 Å². The Morgan fingerprint density at radius 3 is 2.43 bits per heavy atom. The maximum atomic E-state index is 12.6. The third kappa shape index (κ3) is 9.30. The van der Waals surface area contributed by atoms with E-state index in [2.05, 4.69) is 44.0 Å². The van der Waals surface area contributed by atoms with Crippen molar-refractivity contribution >= 4 is 28.8 Å². The Hall–Kier alpha value is -4.45. The molecule has 2 N–H and O–H groups in total. The second-order valence-electron chi connectivity index (χ2n) is 9.85. The summed E-state index contributed by atoms with van der Waals surface area (Å²) in [4.78, 5) is 21.3. The van der Waals surface area contributed by atoms with Crippen LogP contribution in [0.4, 0.5) is 5.69 Å². The number of rotatable bonds is 10. The number of allylic oxidation sites excluding steroid dienone is 3. The molecule has 0 spiro atoms. The highest BCUT2D eigenvalue weighted by atomic mass is 32.2. The van der Waals surface area contributed by atoms with Crippen molar-refractivity contribution in [3.8, 4) is 11.8 Å². The van der Waals surface area contributed by atoms with Crippen LogP contribution in [0.15, 0.2) is 108 Å². The molecule has 1 heterocycles. The maximum absolute atomic E-state index is 12.6. The fourth-order valence-corrected chi connectivity index (χ4v) is 5.41. The van der Waals surface area contributed by atoms with Gasteiger partial charge in [-0.1, -0.05) is 67.0 Å². The Morgan fingerprint density at radius 1 is 1.02 bits per heavy atom. The van der Waals surface area contributed by atoms with E-state index in [4.69, 9.17) is 0 Å². The zero-order valence-electron chi connectivity index (χ0n) is 23.8. The van der Waals surface area contributed by atoms with Crippen LogP contribution in [-0.4, -0.2) is 59.1 Å². The number of carbonyl (C=O) groups excluding carboxylic acids is 1. The minimum Gasteiger partial charge on any atom is -0.506 e. The lowest BCUT2D eigenvalue weighted by molar-refractivity contribution is 0.0983. The number of hydrogen-bond acceptors (Lipinski definition) is 6. The first kappa shape index (κ1) is 30.5. The minimum atomic E-state index is -1.49. The van der Waals surface area contributed by atoms with Crippen molar-refractivity contribution in [3.63, 3.8) is 0 Å². The molecule has 0 bridgehead atoms. The monoisotopic (exact) mass is 580 g/mol. The zero-order chi connectivity index (χ0) is 29.7. The average Bonchev–Trinajstić information content (AvgIpc) is 3.00. The number of piperazine rings is 1. The molecule has 0 radical (unpaired) electrons. The molecule has 216 valence electrons. The zero-order valence-corrected chi connectivity index (χ0v) is 24.6. The molecule has 1 aliphatic heterocycles. The van der Waals surface area contributed by atoms with Crippen LogP contribution in [0.1, 0.15) is 34.0 Å². The Morgan fingerprint density at radius 2 is 1.71 bits per heavy atom. The predicted molar refractivity (Wildman–Crippen MR) is 172 cm³/mol. The van der Waals surface area contributed by atoms with E-state index in [1.807, 2.05) is 67.6 Å². The lowest BCUT2D eigenvalue weighted by Gasteiger charge is -2.36. The Balaban J connectivity index is 1.28. The first-order chi connectivity index (χ1) is 20.4. The van der Waals surface area contributed by atoms with Gasteiger partial charge >= 0.3 is 0 Å². The second-order valence-corrected chi connectivity index (χ2v) is 11.0. The standard InChI is InChI=1S/C34H36N4O3S/c1-3-35-24-33(39)23-27(2)13-14-29-11-7-8-12-31(29)25-37-19-21-38(22-20-37)32-17-15-30(16-18-32)34(40)36-42(41)26-28-9-5-4-6-10-28/h4-12,15-18,23-24,39H,2-3,19-22,25-26H2,1H3,(H,36,40)/b33-23+,35-24?. The predicted octanol–water partition coefficient (Wildman–Crippen LogP) is 5.04. The molecule has 1 atom stereocenters. The molecule has 8 heteroatoms. The van der Waals surface area contributed by atoms with Gasteiger partial charge in [-0.05, 0) is 54.5 Å². The summed E-state index contributed by atoms with van der Waals surface area (Å²) in [6.45, 7) is 10.7. The van der Waals surface area contributed by atoms with E-state index in [-0.39, 0.29) is 17.4 Å². The molecule has 1 aliphatic rings. The molecule has 3 aromatic rings. The second kappa shape index (κ2) is 15.5. The molecule has 0 saturated carbocycles. The van der Waals surface area contributed by atoms with Crippen molar-refractivity contribution in [3.05, 3.63) is 125 Å². The molecule has 1 unspecified atom stereocenters. The van der Waals surface area contributed by atoms with Gasteiger partial charge in [-0.3, -0.25) is 19.4 Å². The van der Waals surface area contributed by atoms with Gasteiger partial charge in [-0.15, -0.1) is 0 Å². The molecule has 4 rings (SSSR count). The first-order valence-electron chi connectivity index (χ1n) is 13.9. The minimum absolute atomic E-state index is 0.0375. The highest BCUT2D eigenvalue weighted by Gasteiger charge is 2.19. The van der Waals surface area contributed by atoms with Crippen LogP contribution in [0.5, 0.6) is 0 Å². The fraction of sp³-hybridized carbons (Fsp3) is 0.235. The summed E-state index contributed by atoms with van der Waals surface area (Å²) in [5.41, 5.74) is 5.06. The smallest absolute Gasteiger partial charge is 0.262 e. The van der Waals surface area contributed by atoms with Gasteiger partial charge in [0, 0.05) is 61.7 Å². The van der Waals surface area contributed by atoms with Gasteiger partial charge in [0.2, 0.25) is 0 Å². The van der Waals surface area contributed by atoms with Crippen LogP contribution in [0.2, 0.25) is 0 Å². The summed E-state index contributed by atoms with van der Waals surface area (Å²) in [5, 5.41) is 9.88. The summed E-state index contributed by atoms with van der Waals surface area (Å²) in [6.07, 6.45) is 2.92. The molecule has 7 nitrogen and oxygen atoms in total. The fourth-order valence-electron chi connectivity index (χ4n) is 4.52. The van der Waals surface area contributed by atoms with Crippen molar-refractivity contribution < 1.29 is 14.1 Å². The van der Waals surface area contributed by atoms with E-state index in [1.165, 1.54) is 12.3 Å². The van der Waals surface area contributed by atoms with Crippen molar-refractivity contribution in [2.75, 3.05) is 37.6 Å². The molecule has 3 aromatic carbocycles. The number of benzene rings is 3. The van der Waals surface area contributed by atoms with E-state index in [9.17, 15) is 14.1 Å². The molecular weight excluding hydrogens is 544 g/mol. The number of amides is 1. The highest BCUT2D eigenvalue weighted by Crippen LogP contribution is 2.19. The molecular formula is C34H36N4O3S. The van der Waals surface area contributed by atoms with Crippen molar-refractivity contribution in [1.29, 1.82) is 0 Å². The van der Waals surface area contributed by atoms with E-state index in [0.717, 1.165) is 55.1 Å². The quantitative estimate of drug-likeness (QED) is 0.152. The number of aliphatic imine (C=N–C) groups is 1. The number of nitrogens with one attached hydrogen (secondary N) is 1. The molecule has 0 aliphatic carbocycles. The van der Waals surface area contributed by atoms with Crippen LogP contribution in [0.25, 0.3) is 0 Å². The van der Waals surface area contributed by atoms with Crippen LogP contribution < -0.4 is 9.62 Å². The van der Waals surface area contributed by atoms with E-state index < -0.39 is 11.0 Å². The number of aliphatic hydroxyl groups excluding tert-OH is 1. The number of aliphatic hydroxyl groups is 1. The maximum Gasteiger partial charge on any atom is 0.262 e. The lowest BCUT2D eigenvalue weighted by Crippen LogP contribution is -2.46. The third-order valence-electron chi connectivity index (χ3n) is 6.71. The van der Waals surface area contributed by atoms with Gasteiger partial charge in [-0.2, -0.15) is 0 Å². The van der Waals surface area contributed by atoms with Gasteiger partial charge in [-0.25, -0.2) is 4.21 Å². The molecule has 1 saturated heterocycles. The van der Waals surface area contributed by atoms with Crippen LogP contribution in [0, 0.1) is 11.8 Å². The number of hydrogen-bond donors (Lipinski definition) is 2. The summed E-state index contributed by atoms with van der Waals surface area (Å²) < 4.78 is 15.0. The molecule has 42 heavy (non-hydrogen) atoms. The third-order valence-corrected chi connectivity index (χ3v) is 7.72. The number of nitrogens with zero attached hydrogens (tertiary/aromatic N) is 3. The van der Waals surface area contributed by atoms with Crippen molar-refractivity contribution in [2.24, 2.45) is 4.99 Å². The summed E-state index contributed by atoms with van der Waals surface area (Å²) in [5.74, 6) is 6.20. The van der Waals surface area contributed by atoms with E-state index >= 15 is 0 Å². The topological polar surface area (TPSA) is 85.2 Å². The Kier molecular flexibility index (Phi) is 11.3. The summed E-state index contributed by atoms with van der Waals surface area (Å²) >= 11 is 0. The molecule has 0 aromatic heterocycles. The van der Waals surface area contributed by atoms with Gasteiger partial charge < -0.3 is 10.0 Å². The summed E-state index contributed by atoms with van der Waals surface area (Å²) in [6, 6.07) is 25.0.